The number of nitrogens with two attached hydrogens (primary N) is 1. The molecule has 0 aliphatic carbocycles. The summed E-state index contributed by atoms with van der Waals surface area (Å²) in [5.41, 5.74) is 9.94. The van der Waals surface area contributed by atoms with Crippen LogP contribution in [0.3, 0.4) is 0 Å². The number of nitrogen functional groups attached to an aromatic ring is 1. The highest BCUT2D eigenvalue weighted by Crippen LogP contribution is 2.25. The SMILES string of the molecule is Nc1nc(CCCNc2nc(-c3ccc4[nH]ccc4c3)cc3nccn23)ccc1[N+](=O)[O-].O=C(O)C(F)(F)F. The number of aromatic nitrogens is 5. The molecule has 0 fully saturated rings. The number of carbonyl (C=O) groups is 1. The number of nitro groups is 1. The van der Waals surface area contributed by atoms with Gasteiger partial charge in [0.25, 0.3) is 0 Å². The molecule has 0 aliphatic heterocycles. The molecule has 5 N–H and O–H groups in total. The van der Waals surface area contributed by atoms with E-state index in [-0.39, 0.29) is 11.5 Å². The minimum absolute atomic E-state index is 0.0608. The standard InChI is InChI=1S/C22H20N8O2.C2HF3O2/c23-21-19(30(31)32)6-4-16(27-21)2-1-8-26-22-28-18(13-20-25-10-11-29(20)22)14-3-5-17-15(12-14)7-9-24-17;3-2(4,5)1(6)7/h3-7,9-13,24H,1-2,8H2,(H2,23,27)(H,26,28);(H,6,7). The molecule has 12 nitrogen and oxygen atoms in total. The van der Waals surface area contributed by atoms with Crippen molar-refractivity contribution in [1.29, 1.82) is 0 Å². The van der Waals surface area contributed by atoms with Crippen LogP contribution < -0.4 is 11.1 Å². The van der Waals surface area contributed by atoms with Gasteiger partial charge in [0, 0.05) is 59.4 Å². The molecular weight excluding hydrogens is 521 g/mol. The Balaban J connectivity index is 0.000000448. The molecule has 0 amide bonds. The number of anilines is 2. The second-order valence-corrected chi connectivity index (χ2v) is 8.20. The fourth-order valence-corrected chi connectivity index (χ4v) is 3.68. The van der Waals surface area contributed by atoms with Crippen molar-refractivity contribution in [2.24, 2.45) is 0 Å². The highest BCUT2D eigenvalue weighted by molar-refractivity contribution is 5.85. The summed E-state index contributed by atoms with van der Waals surface area (Å²) < 4.78 is 33.6. The van der Waals surface area contributed by atoms with Crippen molar-refractivity contribution in [3.63, 3.8) is 0 Å². The quantitative estimate of drug-likeness (QED) is 0.131. The summed E-state index contributed by atoms with van der Waals surface area (Å²) in [6, 6.07) is 13.2. The Labute approximate surface area is 217 Å². The van der Waals surface area contributed by atoms with Gasteiger partial charge in [-0.05, 0) is 37.1 Å². The summed E-state index contributed by atoms with van der Waals surface area (Å²) in [5, 5.41) is 22.5. The molecule has 0 radical (unpaired) electrons. The Kier molecular flexibility index (Phi) is 7.60. The topological polar surface area (TPSA) is 177 Å². The molecule has 0 bridgehead atoms. The zero-order valence-corrected chi connectivity index (χ0v) is 20.0. The summed E-state index contributed by atoms with van der Waals surface area (Å²) in [6.07, 6.45) is 1.82. The van der Waals surface area contributed by atoms with Crippen LogP contribution in [0, 0.1) is 10.1 Å². The largest absolute Gasteiger partial charge is 0.490 e. The number of pyridine rings is 1. The zero-order valence-electron chi connectivity index (χ0n) is 20.0. The summed E-state index contributed by atoms with van der Waals surface area (Å²) in [7, 11) is 0. The van der Waals surface area contributed by atoms with E-state index in [0.717, 1.165) is 34.2 Å². The Morgan fingerprint density at radius 1 is 1.18 bits per heavy atom. The molecule has 0 atom stereocenters. The number of nitrogens with one attached hydrogen (secondary N) is 2. The summed E-state index contributed by atoms with van der Waals surface area (Å²) >= 11 is 0. The Morgan fingerprint density at radius 2 is 1.95 bits per heavy atom. The van der Waals surface area contributed by atoms with Crippen LogP contribution in [0.2, 0.25) is 0 Å². The highest BCUT2D eigenvalue weighted by atomic mass is 19.4. The van der Waals surface area contributed by atoms with Crippen LogP contribution in [0.15, 0.2) is 61.1 Å². The molecule has 4 heterocycles. The third-order valence-corrected chi connectivity index (χ3v) is 5.53. The molecule has 1 aromatic carbocycles. The molecule has 0 unspecified atom stereocenters. The number of rotatable bonds is 7. The van der Waals surface area contributed by atoms with Gasteiger partial charge in [0.1, 0.15) is 5.65 Å². The van der Waals surface area contributed by atoms with E-state index in [1.54, 1.807) is 12.3 Å². The van der Waals surface area contributed by atoms with Gasteiger partial charge in [-0.2, -0.15) is 13.2 Å². The fraction of sp³-hybridized carbons (Fsp3) is 0.167. The first kappa shape index (κ1) is 26.8. The number of hydrogen-bond acceptors (Lipinski definition) is 8. The van der Waals surface area contributed by atoms with Gasteiger partial charge in [0.15, 0.2) is 0 Å². The number of aliphatic carboxylic acids is 1. The molecule has 5 rings (SSSR count). The zero-order chi connectivity index (χ0) is 28.2. The number of aryl methyl sites for hydroxylation is 1. The molecule has 0 spiro atoms. The maximum atomic E-state index is 10.9. The Hall–Kier alpha value is -5.21. The minimum Gasteiger partial charge on any atom is -0.475 e. The monoisotopic (exact) mass is 542 g/mol. The van der Waals surface area contributed by atoms with Crippen molar-refractivity contribution in [3.05, 3.63) is 76.9 Å². The van der Waals surface area contributed by atoms with Crippen LogP contribution in [0.5, 0.6) is 0 Å². The van der Waals surface area contributed by atoms with Crippen LogP contribution in [0.1, 0.15) is 12.1 Å². The van der Waals surface area contributed by atoms with Crippen molar-refractivity contribution < 1.29 is 28.0 Å². The van der Waals surface area contributed by atoms with E-state index < -0.39 is 17.1 Å². The number of alkyl halides is 3. The molecule has 15 heteroatoms. The number of halogens is 3. The van der Waals surface area contributed by atoms with Crippen molar-refractivity contribution in [1.82, 2.24) is 24.3 Å². The number of benzene rings is 1. The van der Waals surface area contributed by atoms with E-state index in [1.165, 1.54) is 6.07 Å². The van der Waals surface area contributed by atoms with Gasteiger partial charge in [0.05, 0.1) is 10.6 Å². The maximum absolute atomic E-state index is 10.9. The molecule has 4 aromatic heterocycles. The van der Waals surface area contributed by atoms with Crippen molar-refractivity contribution in [2.45, 2.75) is 19.0 Å². The van der Waals surface area contributed by atoms with Gasteiger partial charge in [-0.15, -0.1) is 0 Å². The second kappa shape index (κ2) is 11.0. The summed E-state index contributed by atoms with van der Waals surface area (Å²) in [5.74, 6) is -2.12. The van der Waals surface area contributed by atoms with Crippen LogP contribution >= 0.6 is 0 Å². The fourth-order valence-electron chi connectivity index (χ4n) is 3.68. The van der Waals surface area contributed by atoms with Crippen molar-refractivity contribution in [3.8, 4) is 11.3 Å². The molecule has 0 saturated heterocycles. The predicted octanol–water partition coefficient (Wildman–Crippen LogP) is 4.44. The summed E-state index contributed by atoms with van der Waals surface area (Å²) in [4.78, 5) is 35.8. The lowest BCUT2D eigenvalue weighted by molar-refractivity contribution is -0.384. The van der Waals surface area contributed by atoms with Gasteiger partial charge in [-0.25, -0.2) is 19.7 Å². The van der Waals surface area contributed by atoms with Crippen molar-refractivity contribution in [2.75, 3.05) is 17.6 Å². The van der Waals surface area contributed by atoms with Crippen LogP contribution in [-0.4, -0.2) is 53.1 Å². The van der Waals surface area contributed by atoms with Gasteiger partial charge in [0.2, 0.25) is 11.8 Å². The molecule has 5 aromatic rings. The summed E-state index contributed by atoms with van der Waals surface area (Å²) in [6.45, 7) is 0.638. The smallest absolute Gasteiger partial charge is 0.475 e. The van der Waals surface area contributed by atoms with Crippen LogP contribution in [-0.2, 0) is 11.2 Å². The number of H-pyrrole nitrogens is 1. The lowest BCUT2D eigenvalue weighted by Crippen LogP contribution is -2.21. The van der Waals surface area contributed by atoms with Crippen molar-refractivity contribution >= 4 is 40.0 Å². The van der Waals surface area contributed by atoms with E-state index in [9.17, 15) is 23.3 Å². The minimum atomic E-state index is -5.08. The lowest BCUT2D eigenvalue weighted by Gasteiger charge is -2.11. The average molecular weight is 542 g/mol. The number of aromatic amines is 1. The van der Waals surface area contributed by atoms with Crippen LogP contribution in [0.4, 0.5) is 30.6 Å². The number of nitrogens with zero attached hydrogens (tertiary/aromatic N) is 5. The molecule has 202 valence electrons. The van der Waals surface area contributed by atoms with Gasteiger partial charge in [-0.3, -0.25) is 14.5 Å². The van der Waals surface area contributed by atoms with Gasteiger partial charge in [-0.1, -0.05) is 6.07 Å². The number of fused-ring (bicyclic) bond motifs is 2. The molecule has 0 aliphatic rings. The first-order valence-electron chi connectivity index (χ1n) is 11.4. The highest BCUT2D eigenvalue weighted by Gasteiger charge is 2.38. The third-order valence-electron chi connectivity index (χ3n) is 5.53. The normalized spacial score (nSPS) is 11.3. The lowest BCUT2D eigenvalue weighted by atomic mass is 10.1. The molecule has 0 saturated carbocycles. The molecule has 39 heavy (non-hydrogen) atoms. The molecular formula is C24H21F3N8O4. The number of hydrogen-bond donors (Lipinski definition) is 4. The number of carboxylic acids is 1. The van der Waals surface area contributed by atoms with E-state index in [2.05, 4.69) is 26.3 Å². The van der Waals surface area contributed by atoms with E-state index in [4.69, 9.17) is 20.6 Å². The number of imidazole rings is 1. The average Bonchev–Trinajstić information content (AvgIpc) is 3.55. The Morgan fingerprint density at radius 3 is 2.64 bits per heavy atom. The van der Waals surface area contributed by atoms with E-state index >= 15 is 0 Å². The third kappa shape index (κ3) is 6.38. The van der Waals surface area contributed by atoms with Gasteiger partial charge < -0.3 is 21.1 Å². The van der Waals surface area contributed by atoms with Crippen LogP contribution in [0.25, 0.3) is 27.8 Å². The maximum Gasteiger partial charge on any atom is 0.490 e. The number of carboxylic acid groups (broad SMARTS) is 1. The second-order valence-electron chi connectivity index (χ2n) is 8.20. The first-order valence-corrected chi connectivity index (χ1v) is 11.4. The van der Waals surface area contributed by atoms with E-state index in [1.807, 2.05) is 41.1 Å². The van der Waals surface area contributed by atoms with E-state index in [0.29, 0.717) is 24.6 Å². The predicted molar refractivity (Wildman–Crippen MR) is 136 cm³/mol. The van der Waals surface area contributed by atoms with Gasteiger partial charge >= 0.3 is 17.8 Å². The Bertz CT molecular complexity index is 1650. The first-order chi connectivity index (χ1) is 18.5.